The average Bonchev–Trinajstić information content (AvgIpc) is 2.48. The Hall–Kier alpha value is -0.960. The highest BCUT2D eigenvalue weighted by molar-refractivity contribution is 6.29. The number of aromatic nitrogens is 2. The van der Waals surface area contributed by atoms with Gasteiger partial charge in [-0.25, -0.2) is 0 Å². The molecule has 0 saturated heterocycles. The first-order valence-corrected chi connectivity index (χ1v) is 4.47. The van der Waals surface area contributed by atoms with Gasteiger partial charge < -0.3 is 4.74 Å². The van der Waals surface area contributed by atoms with Crippen molar-refractivity contribution < 1.29 is 4.74 Å². The zero-order valence-electron chi connectivity index (χ0n) is 7.83. The molecule has 0 aliphatic rings. The maximum atomic E-state index is 5.55. The molecule has 0 fully saturated rings. The van der Waals surface area contributed by atoms with Gasteiger partial charge in [0.05, 0.1) is 12.4 Å². The van der Waals surface area contributed by atoms with Crippen LogP contribution in [0.15, 0.2) is 24.0 Å². The van der Waals surface area contributed by atoms with Crippen molar-refractivity contribution in [3.63, 3.8) is 0 Å². The molecular weight excluding hydrogens is 188 g/mol. The van der Waals surface area contributed by atoms with Crippen LogP contribution in [0, 0.1) is 0 Å². The second-order valence-corrected chi connectivity index (χ2v) is 3.59. The fourth-order valence-electron chi connectivity index (χ4n) is 0.839. The Balaban J connectivity index is 2.54. The Morgan fingerprint density at radius 2 is 2.46 bits per heavy atom. The van der Waals surface area contributed by atoms with Crippen LogP contribution in [-0.4, -0.2) is 16.4 Å². The molecule has 0 atom stereocenters. The smallest absolute Gasteiger partial charge is 0.157 e. The van der Waals surface area contributed by atoms with Crippen LogP contribution in [0.3, 0.4) is 0 Å². The van der Waals surface area contributed by atoms with E-state index in [0.717, 1.165) is 5.75 Å². The van der Waals surface area contributed by atoms with E-state index in [4.69, 9.17) is 16.3 Å². The number of rotatable bonds is 4. The van der Waals surface area contributed by atoms with Gasteiger partial charge in [0.2, 0.25) is 0 Å². The largest absolute Gasteiger partial charge is 0.485 e. The fourth-order valence-corrected chi connectivity index (χ4v) is 0.894. The van der Waals surface area contributed by atoms with Gasteiger partial charge in [-0.3, -0.25) is 4.68 Å². The Labute approximate surface area is 83.0 Å². The quantitative estimate of drug-likeness (QED) is 0.747. The Kier molecular flexibility index (Phi) is 3.37. The molecule has 1 heterocycles. The summed E-state index contributed by atoms with van der Waals surface area (Å²) in [6, 6.07) is 0.344. The van der Waals surface area contributed by atoms with Crippen LogP contribution in [0.5, 0.6) is 5.75 Å². The predicted molar refractivity (Wildman–Crippen MR) is 53.1 cm³/mol. The summed E-state index contributed by atoms with van der Waals surface area (Å²) < 4.78 is 7.11. The van der Waals surface area contributed by atoms with Crippen molar-refractivity contribution in [3.05, 3.63) is 24.0 Å². The molecule has 72 valence electrons. The number of ether oxygens (including phenoxy) is 1. The Morgan fingerprint density at radius 3 is 2.92 bits per heavy atom. The highest BCUT2D eigenvalue weighted by atomic mass is 35.5. The number of halogens is 1. The Bertz CT molecular complexity index is 294. The second kappa shape index (κ2) is 4.33. The van der Waals surface area contributed by atoms with Crippen molar-refractivity contribution in [2.24, 2.45) is 0 Å². The summed E-state index contributed by atoms with van der Waals surface area (Å²) in [6.45, 7) is 7.96. The van der Waals surface area contributed by atoms with Gasteiger partial charge in [-0.2, -0.15) is 5.10 Å². The summed E-state index contributed by atoms with van der Waals surface area (Å²) in [5.74, 6) is 0.718. The first-order chi connectivity index (χ1) is 6.09. The molecule has 0 aliphatic carbocycles. The van der Waals surface area contributed by atoms with E-state index in [2.05, 4.69) is 25.5 Å². The molecule has 3 nitrogen and oxygen atoms in total. The van der Waals surface area contributed by atoms with Crippen LogP contribution >= 0.6 is 11.6 Å². The highest BCUT2D eigenvalue weighted by Crippen LogP contribution is 2.13. The van der Waals surface area contributed by atoms with Crippen molar-refractivity contribution >= 4 is 11.6 Å². The molecule has 0 unspecified atom stereocenters. The third-order valence-electron chi connectivity index (χ3n) is 1.50. The second-order valence-electron chi connectivity index (χ2n) is 3.06. The van der Waals surface area contributed by atoms with Crippen molar-refractivity contribution in [2.45, 2.75) is 19.9 Å². The van der Waals surface area contributed by atoms with Crippen LogP contribution in [-0.2, 0) is 0 Å². The van der Waals surface area contributed by atoms with Gasteiger partial charge in [-0.1, -0.05) is 18.2 Å². The lowest BCUT2D eigenvalue weighted by atomic mass is 10.4. The summed E-state index contributed by atoms with van der Waals surface area (Å²) in [4.78, 5) is 0. The van der Waals surface area contributed by atoms with E-state index < -0.39 is 0 Å². The first-order valence-electron chi connectivity index (χ1n) is 4.10. The summed E-state index contributed by atoms with van der Waals surface area (Å²) in [5, 5.41) is 4.60. The summed E-state index contributed by atoms with van der Waals surface area (Å²) in [6.07, 6.45) is 3.50. The summed E-state index contributed by atoms with van der Waals surface area (Å²) >= 11 is 5.55. The molecule has 1 aromatic heterocycles. The minimum atomic E-state index is 0.325. The lowest BCUT2D eigenvalue weighted by molar-refractivity contribution is 0.358. The van der Waals surface area contributed by atoms with Crippen LogP contribution in [0.1, 0.15) is 19.9 Å². The van der Waals surface area contributed by atoms with Gasteiger partial charge >= 0.3 is 0 Å². The molecule has 0 aromatic carbocycles. The monoisotopic (exact) mass is 200 g/mol. The SMILES string of the molecule is C=C(Cl)COc1cnn(C(C)C)c1. The van der Waals surface area contributed by atoms with E-state index >= 15 is 0 Å². The predicted octanol–water partition coefficient (Wildman–Crippen LogP) is 2.60. The summed E-state index contributed by atoms with van der Waals surface area (Å²) in [5.41, 5.74) is 0. The molecule has 0 amide bonds. The minimum Gasteiger partial charge on any atom is -0.485 e. The van der Waals surface area contributed by atoms with Gasteiger partial charge in [0, 0.05) is 11.1 Å². The maximum Gasteiger partial charge on any atom is 0.157 e. The minimum absolute atomic E-state index is 0.325. The third-order valence-corrected chi connectivity index (χ3v) is 1.61. The highest BCUT2D eigenvalue weighted by Gasteiger charge is 2.01. The number of hydrogen-bond donors (Lipinski definition) is 0. The van der Waals surface area contributed by atoms with E-state index in [1.54, 1.807) is 6.20 Å². The molecule has 1 rings (SSSR count). The van der Waals surface area contributed by atoms with Gasteiger partial charge in [0.25, 0.3) is 0 Å². The number of nitrogens with zero attached hydrogens (tertiary/aromatic N) is 2. The average molecular weight is 201 g/mol. The van der Waals surface area contributed by atoms with E-state index in [1.165, 1.54) is 0 Å². The molecule has 0 radical (unpaired) electrons. The molecule has 0 saturated carbocycles. The van der Waals surface area contributed by atoms with Crippen LogP contribution in [0.2, 0.25) is 0 Å². The van der Waals surface area contributed by atoms with E-state index in [9.17, 15) is 0 Å². The molecule has 13 heavy (non-hydrogen) atoms. The standard InChI is InChI=1S/C9H13ClN2O/c1-7(2)12-5-9(4-11-12)13-6-8(3)10/h4-5,7H,3,6H2,1-2H3. The molecular formula is C9H13ClN2O. The topological polar surface area (TPSA) is 27.1 Å². The van der Waals surface area contributed by atoms with Crippen LogP contribution in [0.25, 0.3) is 0 Å². The molecule has 0 N–H and O–H groups in total. The lowest BCUT2D eigenvalue weighted by Gasteiger charge is -2.03. The van der Waals surface area contributed by atoms with Crippen LogP contribution in [0.4, 0.5) is 0 Å². The summed E-state index contributed by atoms with van der Waals surface area (Å²) in [7, 11) is 0. The third kappa shape index (κ3) is 3.11. The van der Waals surface area contributed by atoms with E-state index in [-0.39, 0.29) is 0 Å². The van der Waals surface area contributed by atoms with E-state index in [0.29, 0.717) is 17.7 Å². The van der Waals surface area contributed by atoms with Gasteiger partial charge in [-0.05, 0) is 13.8 Å². The van der Waals surface area contributed by atoms with E-state index in [1.807, 2.05) is 10.9 Å². The zero-order valence-corrected chi connectivity index (χ0v) is 8.58. The van der Waals surface area contributed by atoms with Gasteiger partial charge in [0.1, 0.15) is 6.61 Å². The maximum absolute atomic E-state index is 5.55. The van der Waals surface area contributed by atoms with Crippen molar-refractivity contribution in [3.8, 4) is 5.75 Å². The molecule has 0 aliphatic heterocycles. The van der Waals surface area contributed by atoms with Crippen molar-refractivity contribution in [1.82, 2.24) is 9.78 Å². The van der Waals surface area contributed by atoms with Gasteiger partial charge in [-0.15, -0.1) is 0 Å². The number of hydrogen-bond acceptors (Lipinski definition) is 2. The molecule has 0 bridgehead atoms. The first kappa shape index (κ1) is 10.1. The normalized spacial score (nSPS) is 10.5. The Morgan fingerprint density at radius 1 is 1.77 bits per heavy atom. The lowest BCUT2D eigenvalue weighted by Crippen LogP contribution is -2.00. The van der Waals surface area contributed by atoms with Crippen LogP contribution < -0.4 is 4.74 Å². The van der Waals surface area contributed by atoms with Crippen molar-refractivity contribution in [1.29, 1.82) is 0 Å². The van der Waals surface area contributed by atoms with Crippen molar-refractivity contribution in [2.75, 3.05) is 6.61 Å². The fraction of sp³-hybridized carbons (Fsp3) is 0.444. The molecule has 4 heteroatoms. The zero-order chi connectivity index (χ0) is 9.84. The molecule has 0 spiro atoms. The van der Waals surface area contributed by atoms with Gasteiger partial charge in [0.15, 0.2) is 5.75 Å². The molecule has 1 aromatic rings.